The van der Waals surface area contributed by atoms with Gasteiger partial charge in [-0.15, -0.1) is 0 Å². The lowest BCUT2D eigenvalue weighted by Gasteiger charge is -2.09. The second-order valence-corrected chi connectivity index (χ2v) is 6.21. The van der Waals surface area contributed by atoms with Crippen LogP contribution < -0.4 is 5.32 Å². The van der Waals surface area contributed by atoms with E-state index in [0.717, 1.165) is 19.3 Å². The average Bonchev–Trinajstić information content (AvgIpc) is 2.34. The fourth-order valence-corrected chi connectivity index (χ4v) is 2.46. The molecule has 0 aromatic heterocycles. The Morgan fingerprint density at radius 1 is 1.22 bits per heavy atom. The van der Waals surface area contributed by atoms with Crippen molar-refractivity contribution in [3.8, 4) is 5.75 Å². The first kappa shape index (κ1) is 14.0. The molecule has 0 saturated carbocycles. The van der Waals surface area contributed by atoms with Gasteiger partial charge in [0.05, 0.1) is 0 Å². The molecule has 0 amide bonds. The van der Waals surface area contributed by atoms with Crippen LogP contribution in [0.4, 0.5) is 5.69 Å². The summed E-state index contributed by atoms with van der Waals surface area (Å²) < 4.78 is 2.20. The zero-order chi connectivity index (χ0) is 13.1. The maximum Gasteiger partial charge on any atom is 0.120 e. The molecule has 0 saturated heterocycles. The molecular formula is C13H10BrClINO. The summed E-state index contributed by atoms with van der Waals surface area (Å²) in [6, 6.07) is 11.0. The second-order valence-electron chi connectivity index (χ2n) is 3.76. The van der Waals surface area contributed by atoms with Gasteiger partial charge in [-0.05, 0) is 74.9 Å². The van der Waals surface area contributed by atoms with E-state index < -0.39 is 0 Å². The van der Waals surface area contributed by atoms with Gasteiger partial charge >= 0.3 is 0 Å². The topological polar surface area (TPSA) is 32.3 Å². The average molecular weight is 438 g/mol. The number of anilines is 1. The van der Waals surface area contributed by atoms with Crippen LogP contribution >= 0.6 is 50.1 Å². The molecule has 2 aromatic carbocycles. The van der Waals surface area contributed by atoms with E-state index in [0.29, 0.717) is 11.6 Å². The van der Waals surface area contributed by atoms with Crippen molar-refractivity contribution in [1.82, 2.24) is 0 Å². The normalized spacial score (nSPS) is 10.4. The number of phenols is 1. The third-order valence-electron chi connectivity index (χ3n) is 2.44. The Morgan fingerprint density at radius 2 is 2.00 bits per heavy atom. The molecule has 2 aromatic rings. The van der Waals surface area contributed by atoms with E-state index in [4.69, 9.17) is 11.6 Å². The molecule has 0 heterocycles. The van der Waals surface area contributed by atoms with Crippen LogP contribution in [0, 0.1) is 3.57 Å². The highest BCUT2D eigenvalue weighted by molar-refractivity contribution is 14.1. The molecule has 18 heavy (non-hydrogen) atoms. The fourth-order valence-electron chi connectivity index (χ4n) is 1.50. The molecule has 0 radical (unpaired) electrons. The van der Waals surface area contributed by atoms with Gasteiger partial charge in [0.15, 0.2) is 0 Å². The maximum absolute atomic E-state index is 9.70. The summed E-state index contributed by atoms with van der Waals surface area (Å²) in [6.07, 6.45) is 0. The first-order valence-corrected chi connectivity index (χ1v) is 7.47. The molecule has 0 aliphatic rings. The quantitative estimate of drug-likeness (QED) is 0.660. The highest BCUT2D eigenvalue weighted by Gasteiger charge is 2.03. The minimum atomic E-state index is 0.249. The summed E-state index contributed by atoms with van der Waals surface area (Å²) in [5.41, 5.74) is 1.78. The van der Waals surface area contributed by atoms with Crippen LogP contribution in [-0.4, -0.2) is 5.11 Å². The summed E-state index contributed by atoms with van der Waals surface area (Å²) in [5, 5.41) is 13.6. The predicted octanol–water partition coefficient (Wildman–Crippen LogP) is 5.02. The van der Waals surface area contributed by atoms with Crippen LogP contribution in [-0.2, 0) is 6.54 Å². The van der Waals surface area contributed by atoms with Gasteiger partial charge in [-0.2, -0.15) is 0 Å². The Kier molecular flexibility index (Phi) is 4.75. The lowest BCUT2D eigenvalue weighted by molar-refractivity contribution is 0.469. The van der Waals surface area contributed by atoms with Crippen LogP contribution in [0.2, 0.25) is 5.02 Å². The van der Waals surface area contributed by atoms with Gasteiger partial charge in [0.25, 0.3) is 0 Å². The summed E-state index contributed by atoms with van der Waals surface area (Å²) in [4.78, 5) is 0. The van der Waals surface area contributed by atoms with Crippen molar-refractivity contribution in [1.29, 1.82) is 0 Å². The largest absolute Gasteiger partial charge is 0.508 e. The summed E-state index contributed by atoms with van der Waals surface area (Å²) in [5.74, 6) is 0.249. The van der Waals surface area contributed by atoms with E-state index in [1.165, 1.54) is 0 Å². The van der Waals surface area contributed by atoms with Crippen molar-refractivity contribution in [2.75, 3.05) is 5.32 Å². The van der Waals surface area contributed by atoms with Crippen LogP contribution in [0.15, 0.2) is 40.9 Å². The number of aromatic hydroxyl groups is 1. The van der Waals surface area contributed by atoms with E-state index in [9.17, 15) is 5.11 Å². The van der Waals surface area contributed by atoms with E-state index in [-0.39, 0.29) is 5.75 Å². The van der Waals surface area contributed by atoms with Gasteiger partial charge < -0.3 is 10.4 Å². The number of rotatable bonds is 3. The molecule has 0 bridgehead atoms. The number of hydrogen-bond donors (Lipinski definition) is 2. The number of halogens is 3. The van der Waals surface area contributed by atoms with E-state index in [1.807, 2.05) is 18.2 Å². The zero-order valence-electron chi connectivity index (χ0n) is 9.25. The summed E-state index contributed by atoms with van der Waals surface area (Å²) in [6.45, 7) is 0.532. The molecule has 94 valence electrons. The predicted molar refractivity (Wildman–Crippen MR) is 87.3 cm³/mol. The molecule has 2 rings (SSSR count). The minimum Gasteiger partial charge on any atom is -0.508 e. The lowest BCUT2D eigenvalue weighted by Crippen LogP contribution is -2.00. The second kappa shape index (κ2) is 6.12. The molecule has 5 heteroatoms. The highest BCUT2D eigenvalue weighted by atomic mass is 127. The smallest absolute Gasteiger partial charge is 0.120 e. The van der Waals surface area contributed by atoms with Crippen molar-refractivity contribution in [3.05, 3.63) is 55.0 Å². The van der Waals surface area contributed by atoms with Crippen LogP contribution in [0.1, 0.15) is 5.56 Å². The molecule has 0 spiro atoms. The molecule has 0 aliphatic carbocycles. The standard InChI is InChI=1S/C13H10BrClINO/c14-11-3-2-10(6-12(11)16)17-7-8-5-9(15)1-4-13(8)18/h1-6,17-18H,7H2. The van der Waals surface area contributed by atoms with Crippen molar-refractivity contribution >= 4 is 55.8 Å². The SMILES string of the molecule is Oc1ccc(Cl)cc1CNc1ccc(Br)c(I)c1. The zero-order valence-corrected chi connectivity index (χ0v) is 13.8. The molecular weight excluding hydrogens is 428 g/mol. The Hall–Kier alpha value is -0.460. The number of nitrogens with one attached hydrogen (secondary N) is 1. The fraction of sp³-hybridized carbons (Fsp3) is 0.0769. The number of hydrogen-bond acceptors (Lipinski definition) is 2. The molecule has 0 unspecified atom stereocenters. The van der Waals surface area contributed by atoms with Gasteiger partial charge in [0.1, 0.15) is 5.75 Å². The van der Waals surface area contributed by atoms with E-state index >= 15 is 0 Å². The lowest BCUT2D eigenvalue weighted by atomic mass is 10.2. The minimum absolute atomic E-state index is 0.249. The molecule has 0 fully saturated rings. The molecule has 0 atom stereocenters. The monoisotopic (exact) mass is 437 g/mol. The summed E-state index contributed by atoms with van der Waals surface area (Å²) in [7, 11) is 0. The molecule has 0 aliphatic heterocycles. The first-order valence-electron chi connectivity index (χ1n) is 5.22. The van der Waals surface area contributed by atoms with Crippen molar-refractivity contribution in [2.45, 2.75) is 6.54 Å². The summed E-state index contributed by atoms with van der Waals surface area (Å²) >= 11 is 11.6. The van der Waals surface area contributed by atoms with Crippen LogP contribution in [0.5, 0.6) is 5.75 Å². The van der Waals surface area contributed by atoms with Gasteiger partial charge in [-0.1, -0.05) is 11.6 Å². The van der Waals surface area contributed by atoms with Gasteiger partial charge in [0.2, 0.25) is 0 Å². The maximum atomic E-state index is 9.70. The third-order valence-corrected chi connectivity index (χ3v) is 5.00. The van der Waals surface area contributed by atoms with Crippen molar-refractivity contribution in [3.63, 3.8) is 0 Å². The Bertz CT molecular complexity index is 577. The molecule has 2 N–H and O–H groups in total. The Labute approximate surface area is 133 Å². The molecule has 2 nitrogen and oxygen atoms in total. The third kappa shape index (κ3) is 3.52. The van der Waals surface area contributed by atoms with Gasteiger partial charge in [0, 0.05) is 30.9 Å². The van der Waals surface area contributed by atoms with Crippen LogP contribution in [0.25, 0.3) is 0 Å². The van der Waals surface area contributed by atoms with Crippen molar-refractivity contribution < 1.29 is 5.11 Å². The van der Waals surface area contributed by atoms with Gasteiger partial charge in [-0.25, -0.2) is 0 Å². The van der Waals surface area contributed by atoms with E-state index in [1.54, 1.807) is 18.2 Å². The Morgan fingerprint density at radius 3 is 2.72 bits per heavy atom. The number of benzene rings is 2. The van der Waals surface area contributed by atoms with Crippen molar-refractivity contribution in [2.24, 2.45) is 0 Å². The highest BCUT2D eigenvalue weighted by Crippen LogP contribution is 2.25. The number of phenolic OH excluding ortho intramolecular Hbond substituents is 1. The Balaban J connectivity index is 2.11. The van der Waals surface area contributed by atoms with Gasteiger partial charge in [-0.3, -0.25) is 0 Å². The first-order chi connectivity index (χ1) is 8.56. The van der Waals surface area contributed by atoms with E-state index in [2.05, 4.69) is 43.8 Å². The van der Waals surface area contributed by atoms with Crippen LogP contribution in [0.3, 0.4) is 0 Å².